The van der Waals surface area contributed by atoms with Crippen molar-refractivity contribution in [1.29, 1.82) is 0 Å². The highest BCUT2D eigenvalue weighted by Crippen LogP contribution is 2.39. The number of H-pyrrole nitrogens is 1. The highest BCUT2D eigenvalue weighted by atomic mass is 19.1. The molecule has 2 aromatic heterocycles. The Morgan fingerprint density at radius 3 is 2.44 bits per heavy atom. The first-order valence-electron chi connectivity index (χ1n) is 17.3. The van der Waals surface area contributed by atoms with E-state index in [0.717, 1.165) is 35.1 Å². The molecule has 11 nitrogen and oxygen atoms in total. The highest BCUT2D eigenvalue weighted by Gasteiger charge is 2.29. The van der Waals surface area contributed by atoms with Gasteiger partial charge in [0.1, 0.15) is 11.3 Å². The number of nitrogens with one attached hydrogen (secondary N) is 1. The van der Waals surface area contributed by atoms with E-state index in [0.29, 0.717) is 55.2 Å². The molecule has 0 unspecified atom stereocenters. The number of aryl methyl sites for hydroxylation is 2. The third kappa shape index (κ3) is 7.44. The average molecular weight is 684 g/mol. The number of rotatable bonds is 7. The first-order valence-corrected chi connectivity index (χ1v) is 17.3. The Balaban J connectivity index is 1.30. The summed E-state index contributed by atoms with van der Waals surface area (Å²) in [5.74, 6) is -0.438. The Kier molecular flexibility index (Phi) is 9.82. The second-order valence-electron chi connectivity index (χ2n) is 14.5. The lowest BCUT2D eigenvalue weighted by atomic mass is 9.86. The molecule has 12 heteroatoms. The lowest BCUT2D eigenvalue weighted by Gasteiger charge is -2.33. The predicted molar refractivity (Wildman–Crippen MR) is 190 cm³/mol. The van der Waals surface area contributed by atoms with Crippen LogP contribution in [0.3, 0.4) is 0 Å². The number of carbonyl (C=O) groups is 3. The third-order valence-electron chi connectivity index (χ3n) is 9.52. The molecule has 0 spiro atoms. The fourth-order valence-corrected chi connectivity index (χ4v) is 6.91. The van der Waals surface area contributed by atoms with E-state index in [9.17, 15) is 14.4 Å². The van der Waals surface area contributed by atoms with E-state index in [1.165, 1.54) is 10.5 Å². The van der Waals surface area contributed by atoms with Crippen LogP contribution < -0.4 is 0 Å². The van der Waals surface area contributed by atoms with Gasteiger partial charge in [-0.25, -0.2) is 9.18 Å². The quantitative estimate of drug-likeness (QED) is 0.241. The number of amides is 3. The topological polar surface area (TPSA) is 117 Å². The van der Waals surface area contributed by atoms with Gasteiger partial charge in [-0.05, 0) is 92.8 Å². The second kappa shape index (κ2) is 14.1. The van der Waals surface area contributed by atoms with Crippen LogP contribution in [0, 0.1) is 12.7 Å². The number of ether oxygens (including phenoxy) is 1. The van der Waals surface area contributed by atoms with Crippen molar-refractivity contribution in [1.82, 2.24) is 34.7 Å². The molecule has 1 saturated heterocycles. The monoisotopic (exact) mass is 683 g/mol. The molecule has 2 aromatic carbocycles. The molecule has 3 amide bonds. The molecule has 6 rings (SSSR count). The molecule has 0 atom stereocenters. The molecule has 50 heavy (non-hydrogen) atoms. The molecule has 264 valence electrons. The number of halogens is 1. The molecule has 2 aliphatic rings. The number of hydrogen-bond donors (Lipinski definition) is 1. The zero-order valence-electron chi connectivity index (χ0n) is 29.8. The molecule has 4 heterocycles. The largest absolute Gasteiger partial charge is 0.444 e. The molecule has 1 N–H and O–H groups in total. The maximum absolute atomic E-state index is 16.5. The number of benzene rings is 2. The van der Waals surface area contributed by atoms with Crippen LogP contribution in [-0.4, -0.2) is 98.5 Å². The summed E-state index contributed by atoms with van der Waals surface area (Å²) in [6, 6.07) is 9.99. The van der Waals surface area contributed by atoms with Crippen molar-refractivity contribution in [2.24, 2.45) is 0 Å². The van der Waals surface area contributed by atoms with Crippen LogP contribution in [0.25, 0.3) is 27.6 Å². The van der Waals surface area contributed by atoms with Crippen LogP contribution >= 0.6 is 0 Å². The summed E-state index contributed by atoms with van der Waals surface area (Å²) in [4.78, 5) is 46.9. The zero-order chi connectivity index (χ0) is 35.7. The minimum Gasteiger partial charge on any atom is -0.444 e. The van der Waals surface area contributed by atoms with Crippen molar-refractivity contribution in [3.63, 3.8) is 0 Å². The fraction of sp³-hybridized carbons (Fsp3) is 0.447. The standard InChI is InChI=1S/C38H46FN7O4/c1-24-20-26(25-11-16-44(17-12-25)37(49)50-38(2,3)4)9-10-28(24)30-21-29(34(39)35-31(30)22-32(41-35)36(48)43(5)6)27-8-7-15-45(23-27)33(47)13-18-46-19-14-40-42-46/h8-10,14,19-22,25,41H,7,11-13,15-18,23H2,1-6H3. The molecule has 1 fully saturated rings. The van der Waals surface area contributed by atoms with E-state index in [1.807, 2.05) is 32.9 Å². The highest BCUT2D eigenvalue weighted by molar-refractivity contribution is 6.05. The van der Waals surface area contributed by atoms with Crippen LogP contribution in [0.1, 0.15) is 79.6 Å². The van der Waals surface area contributed by atoms with Gasteiger partial charge in [0.25, 0.3) is 5.91 Å². The number of likely N-dealkylation sites (tertiary alicyclic amines) is 1. The van der Waals surface area contributed by atoms with Gasteiger partial charge in [-0.15, -0.1) is 5.10 Å². The number of hydrogen-bond acceptors (Lipinski definition) is 6. The minimum absolute atomic E-state index is 0.0325. The van der Waals surface area contributed by atoms with Gasteiger partial charge in [0, 0.05) is 63.8 Å². The molecule has 4 aromatic rings. The Labute approximate surface area is 292 Å². The van der Waals surface area contributed by atoms with Crippen LogP contribution in [-0.2, 0) is 16.1 Å². The van der Waals surface area contributed by atoms with Crippen molar-refractivity contribution in [2.75, 3.05) is 40.3 Å². The minimum atomic E-state index is -0.532. The van der Waals surface area contributed by atoms with Gasteiger partial charge in [-0.1, -0.05) is 29.5 Å². The molecule has 0 bridgehead atoms. The number of aromatic amines is 1. The summed E-state index contributed by atoms with van der Waals surface area (Å²) in [5.41, 5.74) is 5.14. The Morgan fingerprint density at radius 2 is 1.78 bits per heavy atom. The maximum atomic E-state index is 16.5. The first kappa shape index (κ1) is 34.8. The molecular formula is C38H46FN7O4. The van der Waals surface area contributed by atoms with Crippen molar-refractivity contribution in [2.45, 2.75) is 71.4 Å². The Hall–Kier alpha value is -5.00. The molecule has 2 aliphatic heterocycles. The van der Waals surface area contributed by atoms with Gasteiger partial charge in [-0.2, -0.15) is 0 Å². The molecule has 0 aliphatic carbocycles. The fourth-order valence-electron chi connectivity index (χ4n) is 6.91. The van der Waals surface area contributed by atoms with Crippen molar-refractivity contribution in [3.8, 4) is 11.1 Å². The van der Waals surface area contributed by atoms with Gasteiger partial charge in [0.15, 0.2) is 5.82 Å². The van der Waals surface area contributed by atoms with E-state index in [1.54, 1.807) is 47.0 Å². The van der Waals surface area contributed by atoms with E-state index >= 15 is 4.39 Å². The van der Waals surface area contributed by atoms with Gasteiger partial charge in [-0.3, -0.25) is 14.3 Å². The zero-order valence-corrected chi connectivity index (χ0v) is 29.8. The molecular weight excluding hydrogens is 637 g/mol. The summed E-state index contributed by atoms with van der Waals surface area (Å²) < 4.78 is 23.7. The van der Waals surface area contributed by atoms with Crippen LogP contribution in [0.15, 0.2) is 48.8 Å². The third-order valence-corrected chi connectivity index (χ3v) is 9.52. The average Bonchev–Trinajstić information content (AvgIpc) is 3.78. The van der Waals surface area contributed by atoms with Crippen LogP contribution in [0.2, 0.25) is 0 Å². The van der Waals surface area contributed by atoms with Gasteiger partial charge >= 0.3 is 6.09 Å². The smallest absolute Gasteiger partial charge is 0.410 e. The van der Waals surface area contributed by atoms with Crippen molar-refractivity contribution < 1.29 is 23.5 Å². The van der Waals surface area contributed by atoms with E-state index in [-0.39, 0.29) is 36.4 Å². The maximum Gasteiger partial charge on any atom is 0.410 e. The number of nitrogens with zero attached hydrogens (tertiary/aromatic N) is 6. The van der Waals surface area contributed by atoms with Crippen LogP contribution in [0.4, 0.5) is 9.18 Å². The van der Waals surface area contributed by atoms with Crippen molar-refractivity contribution >= 4 is 34.4 Å². The van der Waals surface area contributed by atoms with Crippen molar-refractivity contribution in [3.05, 3.63) is 77.0 Å². The van der Waals surface area contributed by atoms with Gasteiger partial charge < -0.3 is 24.4 Å². The lowest BCUT2D eigenvalue weighted by Crippen LogP contribution is -2.41. The van der Waals surface area contributed by atoms with E-state index in [2.05, 4.69) is 40.4 Å². The number of carbonyl (C=O) groups excluding carboxylic acids is 3. The summed E-state index contributed by atoms with van der Waals surface area (Å²) in [6.45, 7) is 10.2. The summed E-state index contributed by atoms with van der Waals surface area (Å²) in [6.07, 6.45) is 7.56. The number of aromatic nitrogens is 4. The van der Waals surface area contributed by atoms with E-state index in [4.69, 9.17) is 4.74 Å². The number of fused-ring (bicyclic) bond motifs is 1. The molecule has 0 saturated carbocycles. The summed E-state index contributed by atoms with van der Waals surface area (Å²) in [5, 5.41) is 8.37. The second-order valence-corrected chi connectivity index (χ2v) is 14.5. The summed E-state index contributed by atoms with van der Waals surface area (Å²) in [7, 11) is 3.33. The van der Waals surface area contributed by atoms with E-state index < -0.39 is 11.4 Å². The molecule has 0 radical (unpaired) electrons. The number of piperidine rings is 1. The van der Waals surface area contributed by atoms with Gasteiger partial charge in [0.2, 0.25) is 5.91 Å². The Bertz CT molecular complexity index is 1930. The van der Waals surface area contributed by atoms with Crippen LogP contribution in [0.5, 0.6) is 0 Å². The summed E-state index contributed by atoms with van der Waals surface area (Å²) >= 11 is 0. The normalized spacial score (nSPS) is 15.7. The SMILES string of the molecule is Cc1cc(C2CCN(C(=O)OC(C)(C)C)CC2)ccc1-c1cc(C2=CCCN(C(=O)CCn3ccnn3)C2)c(F)c2[nH]c(C(=O)N(C)C)cc12. The lowest BCUT2D eigenvalue weighted by molar-refractivity contribution is -0.131. The van der Waals surface area contributed by atoms with Gasteiger partial charge in [0.05, 0.1) is 18.3 Å². The Morgan fingerprint density at radius 1 is 1.02 bits per heavy atom. The predicted octanol–water partition coefficient (Wildman–Crippen LogP) is 6.40. The first-order chi connectivity index (χ1) is 23.8.